The van der Waals surface area contributed by atoms with E-state index in [0.29, 0.717) is 5.75 Å². The lowest BCUT2D eigenvalue weighted by Gasteiger charge is -2.39. The van der Waals surface area contributed by atoms with Crippen LogP contribution in [0.3, 0.4) is 0 Å². The van der Waals surface area contributed by atoms with Crippen molar-refractivity contribution < 1.29 is 9.53 Å². The Bertz CT molecular complexity index is 1080. The van der Waals surface area contributed by atoms with Crippen LogP contribution in [-0.4, -0.2) is 11.0 Å². The van der Waals surface area contributed by atoms with Crippen LogP contribution in [-0.2, 0) is 4.79 Å². The molecule has 0 fully saturated rings. The number of rotatable bonds is 1. The van der Waals surface area contributed by atoms with Crippen LogP contribution >= 0.6 is 39.0 Å². The summed E-state index contributed by atoms with van der Waals surface area (Å²) in [4.78, 5) is 28.8. The molecule has 0 bridgehead atoms. The number of hydrogen-bond acceptors (Lipinski definition) is 5. The number of esters is 1. The molecule has 0 radical (unpaired) electrons. The molecule has 7 heteroatoms. The molecule has 1 aromatic heterocycles. The molecule has 0 spiro atoms. The molecule has 2 aliphatic heterocycles. The Morgan fingerprint density at radius 1 is 1.08 bits per heavy atom. The number of benzene rings is 2. The SMILES string of the molecule is O=C1Oc2ccc(Br)cc2[C@@H]2c3sc(=O)[nH]c3S[C@@H](c3ccccc3)[C@H]12. The standard InChI is InChI=1S/C19H12BrNO3S2/c20-10-6-7-12-11(8-10)13-14(18(22)24-12)15(9-4-2-1-3-5-9)25-17-16(13)26-19(23)21-17/h1-8,13-15H,(H,21,23)/t13-,14+,15-/m0/s1. The summed E-state index contributed by atoms with van der Waals surface area (Å²) in [6.45, 7) is 0. The lowest BCUT2D eigenvalue weighted by molar-refractivity contribution is -0.140. The van der Waals surface area contributed by atoms with E-state index in [1.165, 1.54) is 11.3 Å². The minimum atomic E-state index is -0.372. The number of carbonyl (C=O) groups is 1. The van der Waals surface area contributed by atoms with Gasteiger partial charge in [-0.2, -0.15) is 0 Å². The van der Waals surface area contributed by atoms with Crippen molar-refractivity contribution in [1.82, 2.24) is 4.98 Å². The normalized spacial score (nSPS) is 23.6. The molecule has 3 atom stereocenters. The Kier molecular flexibility index (Phi) is 3.84. The molecule has 0 saturated heterocycles. The molecule has 0 aliphatic carbocycles. The lowest BCUT2D eigenvalue weighted by atomic mass is 9.78. The van der Waals surface area contributed by atoms with Crippen molar-refractivity contribution in [3.05, 3.63) is 78.7 Å². The van der Waals surface area contributed by atoms with Crippen molar-refractivity contribution in [3.63, 3.8) is 0 Å². The number of fused-ring (bicyclic) bond motifs is 5. The van der Waals surface area contributed by atoms with Crippen LogP contribution in [0.25, 0.3) is 0 Å². The van der Waals surface area contributed by atoms with Gasteiger partial charge in [-0.15, -0.1) is 0 Å². The monoisotopic (exact) mass is 445 g/mol. The number of thioether (sulfide) groups is 1. The van der Waals surface area contributed by atoms with Crippen molar-refractivity contribution in [1.29, 1.82) is 0 Å². The molecule has 0 unspecified atom stereocenters. The maximum Gasteiger partial charge on any atom is 0.316 e. The molecular weight excluding hydrogens is 434 g/mol. The van der Waals surface area contributed by atoms with Gasteiger partial charge in [-0.1, -0.05) is 69.4 Å². The molecule has 130 valence electrons. The minimum absolute atomic E-state index is 0.0922. The number of thiazole rings is 1. The van der Waals surface area contributed by atoms with Gasteiger partial charge in [0, 0.05) is 20.8 Å². The number of halogens is 1. The molecule has 4 nitrogen and oxygen atoms in total. The molecular formula is C19H12BrNO3S2. The van der Waals surface area contributed by atoms with E-state index in [1.54, 1.807) is 11.8 Å². The maximum atomic E-state index is 12.9. The zero-order chi connectivity index (χ0) is 17.8. The Morgan fingerprint density at radius 3 is 2.69 bits per heavy atom. The van der Waals surface area contributed by atoms with Gasteiger partial charge in [-0.05, 0) is 23.8 Å². The molecule has 2 aliphatic rings. The second kappa shape index (κ2) is 6.11. The number of H-pyrrole nitrogens is 1. The van der Waals surface area contributed by atoms with E-state index in [4.69, 9.17) is 4.74 Å². The van der Waals surface area contributed by atoms with E-state index >= 15 is 0 Å². The first-order chi connectivity index (χ1) is 12.6. The van der Waals surface area contributed by atoms with Gasteiger partial charge >= 0.3 is 10.8 Å². The van der Waals surface area contributed by atoms with Gasteiger partial charge in [0.05, 0.1) is 16.2 Å². The van der Waals surface area contributed by atoms with Gasteiger partial charge < -0.3 is 9.72 Å². The highest BCUT2D eigenvalue weighted by Gasteiger charge is 2.49. The second-order valence-electron chi connectivity index (χ2n) is 6.26. The highest BCUT2D eigenvalue weighted by atomic mass is 79.9. The van der Waals surface area contributed by atoms with E-state index in [9.17, 15) is 9.59 Å². The molecule has 0 amide bonds. The summed E-state index contributed by atoms with van der Waals surface area (Å²) in [5.74, 6) is -0.222. The van der Waals surface area contributed by atoms with Crippen LogP contribution in [0.4, 0.5) is 0 Å². The van der Waals surface area contributed by atoms with Crippen LogP contribution in [0, 0.1) is 5.92 Å². The van der Waals surface area contributed by atoms with Crippen molar-refractivity contribution >= 4 is 45.0 Å². The number of aromatic amines is 1. The fourth-order valence-electron chi connectivity index (χ4n) is 3.70. The fraction of sp³-hybridized carbons (Fsp3) is 0.158. The number of ether oxygens (including phenoxy) is 1. The quantitative estimate of drug-likeness (QED) is 0.435. The van der Waals surface area contributed by atoms with E-state index < -0.39 is 0 Å². The average Bonchev–Trinajstić information content (AvgIpc) is 3.02. The second-order valence-corrected chi connectivity index (χ2v) is 9.35. The van der Waals surface area contributed by atoms with Crippen molar-refractivity contribution in [2.24, 2.45) is 5.92 Å². The van der Waals surface area contributed by atoms with Crippen molar-refractivity contribution in [2.75, 3.05) is 0 Å². The summed E-state index contributed by atoms with van der Waals surface area (Å²) < 4.78 is 6.60. The van der Waals surface area contributed by atoms with Crippen LogP contribution in [0.5, 0.6) is 5.75 Å². The van der Waals surface area contributed by atoms with Crippen LogP contribution in [0.2, 0.25) is 0 Å². The lowest BCUT2D eigenvalue weighted by Crippen LogP contribution is -2.37. The predicted octanol–water partition coefficient (Wildman–Crippen LogP) is 4.71. The summed E-state index contributed by atoms with van der Waals surface area (Å²) in [7, 11) is 0. The smallest absolute Gasteiger partial charge is 0.316 e. The van der Waals surface area contributed by atoms with E-state index in [-0.39, 0.29) is 27.9 Å². The van der Waals surface area contributed by atoms with Crippen LogP contribution in [0.15, 0.2) is 62.8 Å². The summed E-state index contributed by atoms with van der Waals surface area (Å²) in [6, 6.07) is 15.6. The van der Waals surface area contributed by atoms with E-state index in [2.05, 4.69) is 20.9 Å². The number of aromatic nitrogens is 1. The highest BCUT2D eigenvalue weighted by Crippen LogP contribution is 2.58. The fourth-order valence-corrected chi connectivity index (χ4v) is 6.67. The van der Waals surface area contributed by atoms with E-state index in [0.717, 1.165) is 25.5 Å². The Hall–Kier alpha value is -1.83. The topological polar surface area (TPSA) is 59.2 Å². The number of carbonyl (C=O) groups excluding carboxylic acids is 1. The van der Waals surface area contributed by atoms with Gasteiger partial charge in [0.2, 0.25) is 0 Å². The molecule has 3 heterocycles. The third-order valence-corrected chi connectivity index (χ3v) is 7.74. The van der Waals surface area contributed by atoms with Gasteiger partial charge in [0.1, 0.15) is 5.75 Å². The first-order valence-corrected chi connectivity index (χ1v) is 10.6. The van der Waals surface area contributed by atoms with Gasteiger partial charge in [0.15, 0.2) is 0 Å². The predicted molar refractivity (Wildman–Crippen MR) is 105 cm³/mol. The summed E-state index contributed by atoms with van der Waals surface area (Å²) in [6.07, 6.45) is 0. The van der Waals surface area contributed by atoms with Gasteiger partial charge in [0.25, 0.3) is 0 Å². The number of hydrogen-bond donors (Lipinski definition) is 1. The van der Waals surface area contributed by atoms with Crippen LogP contribution < -0.4 is 9.61 Å². The molecule has 26 heavy (non-hydrogen) atoms. The van der Waals surface area contributed by atoms with Crippen molar-refractivity contribution in [2.45, 2.75) is 16.2 Å². The Morgan fingerprint density at radius 2 is 1.88 bits per heavy atom. The third kappa shape index (κ3) is 2.49. The minimum Gasteiger partial charge on any atom is -0.426 e. The highest BCUT2D eigenvalue weighted by molar-refractivity contribution is 9.10. The Balaban J connectivity index is 1.76. The summed E-state index contributed by atoms with van der Waals surface area (Å²) in [5, 5.41) is 0.745. The zero-order valence-electron chi connectivity index (χ0n) is 13.3. The number of nitrogens with one attached hydrogen (secondary N) is 1. The summed E-state index contributed by atoms with van der Waals surface area (Å²) >= 11 is 6.25. The molecule has 2 aromatic carbocycles. The molecule has 1 N–H and O–H groups in total. The maximum absolute atomic E-state index is 12.9. The molecule has 0 saturated carbocycles. The largest absolute Gasteiger partial charge is 0.426 e. The average molecular weight is 446 g/mol. The van der Waals surface area contributed by atoms with Gasteiger partial charge in [-0.25, -0.2) is 0 Å². The molecule has 3 aromatic rings. The third-order valence-electron chi connectivity index (χ3n) is 4.77. The van der Waals surface area contributed by atoms with Crippen LogP contribution in [0.1, 0.15) is 27.2 Å². The van der Waals surface area contributed by atoms with Crippen molar-refractivity contribution in [3.8, 4) is 5.75 Å². The van der Waals surface area contributed by atoms with E-state index in [1.807, 2.05) is 48.5 Å². The zero-order valence-corrected chi connectivity index (χ0v) is 16.5. The first kappa shape index (κ1) is 16.4. The first-order valence-electron chi connectivity index (χ1n) is 8.07. The molecule has 5 rings (SSSR count). The summed E-state index contributed by atoms with van der Waals surface area (Å²) in [5.41, 5.74) is 2.00. The van der Waals surface area contributed by atoms with Gasteiger partial charge in [-0.3, -0.25) is 9.59 Å². The Labute approximate surface area is 165 Å².